The van der Waals surface area contributed by atoms with Crippen LogP contribution in [-0.4, -0.2) is 9.38 Å². The molecule has 0 aliphatic heterocycles. The smallest absolute Gasteiger partial charge is 0.0790 e. The molecule has 0 bridgehead atoms. The van der Waals surface area contributed by atoms with E-state index in [2.05, 4.69) is 113 Å². The number of rotatable bonds is 0. The van der Waals surface area contributed by atoms with Crippen LogP contribution in [0.1, 0.15) is 0 Å². The lowest BCUT2D eigenvalue weighted by Crippen LogP contribution is -1.85. The van der Waals surface area contributed by atoms with Crippen molar-refractivity contribution in [2.75, 3.05) is 0 Å². The highest BCUT2D eigenvalue weighted by Gasteiger charge is 2.23. The van der Waals surface area contributed by atoms with E-state index in [4.69, 9.17) is 0 Å². The average molecular weight is 431 g/mol. The van der Waals surface area contributed by atoms with Gasteiger partial charge in [0.15, 0.2) is 0 Å². The minimum atomic E-state index is 1.19. The third-order valence-corrected chi connectivity index (χ3v) is 7.82. The van der Waals surface area contributed by atoms with E-state index in [1.807, 2.05) is 0 Å². The maximum Gasteiger partial charge on any atom is 0.0790 e. The van der Waals surface area contributed by atoms with E-state index in [0.717, 1.165) is 0 Å². The average Bonchev–Trinajstić information content (AvgIpc) is 3.55. The van der Waals surface area contributed by atoms with Crippen molar-refractivity contribution >= 4 is 81.4 Å². The molecule has 2 heteroatoms. The van der Waals surface area contributed by atoms with Crippen LogP contribution >= 0.6 is 0 Å². The van der Waals surface area contributed by atoms with Crippen LogP contribution in [0.5, 0.6) is 0 Å². The summed E-state index contributed by atoms with van der Waals surface area (Å²) in [7, 11) is 0. The molecule has 156 valence electrons. The normalized spacial score (nSPS) is 12.7. The minimum Gasteiger partial charge on any atom is -0.353 e. The number of aromatic nitrogens is 2. The molecule has 0 spiro atoms. The number of nitrogens with zero attached hydrogens (tertiary/aromatic N) is 1. The molecule has 0 aliphatic rings. The molecule has 0 radical (unpaired) electrons. The molecule has 2 nitrogen and oxygen atoms in total. The fourth-order valence-corrected chi connectivity index (χ4v) is 6.54. The Morgan fingerprint density at radius 1 is 0.441 bits per heavy atom. The molecule has 34 heavy (non-hydrogen) atoms. The van der Waals surface area contributed by atoms with Gasteiger partial charge < -0.3 is 9.38 Å². The van der Waals surface area contributed by atoms with Crippen molar-refractivity contribution in [2.45, 2.75) is 0 Å². The summed E-state index contributed by atoms with van der Waals surface area (Å²) in [6, 6.07) is 37.7. The molecule has 9 rings (SSSR count). The quantitative estimate of drug-likeness (QED) is 0.248. The van der Waals surface area contributed by atoms with Gasteiger partial charge in [-0.3, -0.25) is 0 Å². The largest absolute Gasteiger partial charge is 0.353 e. The van der Waals surface area contributed by atoms with Crippen molar-refractivity contribution in [3.05, 3.63) is 103 Å². The molecule has 0 unspecified atom stereocenters. The Kier molecular flexibility index (Phi) is 2.83. The third kappa shape index (κ3) is 1.79. The topological polar surface area (TPSA) is 20.2 Å². The lowest BCUT2D eigenvalue weighted by atomic mass is 9.97. The van der Waals surface area contributed by atoms with Gasteiger partial charge in [0.05, 0.1) is 22.1 Å². The molecular weight excluding hydrogens is 412 g/mol. The molecule has 0 fully saturated rings. The second-order valence-corrected chi connectivity index (χ2v) is 9.41. The summed E-state index contributed by atoms with van der Waals surface area (Å²) < 4.78 is 2.52. The predicted molar refractivity (Wildman–Crippen MR) is 145 cm³/mol. The highest BCUT2D eigenvalue weighted by molar-refractivity contribution is 6.39. The van der Waals surface area contributed by atoms with Gasteiger partial charge in [0.25, 0.3) is 0 Å². The predicted octanol–water partition coefficient (Wildman–Crippen LogP) is 8.78. The molecule has 0 saturated heterocycles. The van der Waals surface area contributed by atoms with E-state index in [-0.39, 0.29) is 0 Å². The zero-order valence-electron chi connectivity index (χ0n) is 18.3. The molecule has 0 atom stereocenters. The molecule has 1 N–H and O–H groups in total. The number of hydrogen-bond acceptors (Lipinski definition) is 0. The van der Waals surface area contributed by atoms with Gasteiger partial charge in [-0.05, 0) is 33.7 Å². The van der Waals surface area contributed by atoms with Crippen LogP contribution in [0.15, 0.2) is 103 Å². The number of hydrogen-bond donors (Lipinski definition) is 1. The fraction of sp³-hybridized carbons (Fsp3) is 0. The first-order valence-electron chi connectivity index (χ1n) is 11.8. The lowest BCUT2D eigenvalue weighted by Gasteiger charge is -2.07. The first-order valence-corrected chi connectivity index (χ1v) is 11.8. The number of para-hydroxylation sites is 2. The Bertz CT molecular complexity index is 2280. The molecule has 6 aromatic carbocycles. The zero-order chi connectivity index (χ0) is 22.0. The lowest BCUT2D eigenvalue weighted by molar-refractivity contribution is 1.37. The zero-order valence-corrected chi connectivity index (χ0v) is 18.3. The van der Waals surface area contributed by atoms with Crippen LogP contribution in [0, 0.1) is 0 Å². The Labute approximate surface area is 194 Å². The monoisotopic (exact) mass is 430 g/mol. The maximum atomic E-state index is 3.82. The summed E-state index contributed by atoms with van der Waals surface area (Å²) >= 11 is 0. The van der Waals surface area contributed by atoms with Crippen LogP contribution in [0.3, 0.4) is 0 Å². The van der Waals surface area contributed by atoms with Crippen molar-refractivity contribution < 1.29 is 0 Å². The van der Waals surface area contributed by atoms with Gasteiger partial charge in [-0.1, -0.05) is 91.0 Å². The van der Waals surface area contributed by atoms with E-state index < -0.39 is 0 Å². The summed E-state index contributed by atoms with van der Waals surface area (Å²) in [6.45, 7) is 0. The summed E-state index contributed by atoms with van der Waals surface area (Å²) in [5.74, 6) is 0. The second kappa shape index (κ2) is 5.67. The van der Waals surface area contributed by atoms with Gasteiger partial charge in [-0.25, -0.2) is 0 Å². The van der Waals surface area contributed by atoms with E-state index in [1.165, 1.54) is 81.4 Å². The second-order valence-electron chi connectivity index (χ2n) is 9.41. The van der Waals surface area contributed by atoms with E-state index >= 15 is 0 Å². The molecule has 0 saturated carbocycles. The first-order chi connectivity index (χ1) is 16.9. The standard InChI is InChI=1S/C32H18N2/c1-2-9-19-18(8-1)16-17-26-27(19)23-13-7-14-24-29-21-11-4-3-10-20(21)28-22-12-5-6-15-25(22)33-30(28)32(29)34(26)31(23)24/h1-17,33H. The highest BCUT2D eigenvalue weighted by Crippen LogP contribution is 2.47. The number of aromatic amines is 1. The Hall–Kier alpha value is -4.56. The molecule has 3 aromatic heterocycles. The van der Waals surface area contributed by atoms with Crippen molar-refractivity contribution in [1.82, 2.24) is 9.38 Å². The molecular formula is C32H18N2. The fourth-order valence-electron chi connectivity index (χ4n) is 6.54. The third-order valence-electron chi connectivity index (χ3n) is 7.82. The van der Waals surface area contributed by atoms with Crippen molar-refractivity contribution in [1.29, 1.82) is 0 Å². The summed E-state index contributed by atoms with van der Waals surface area (Å²) in [4.78, 5) is 3.82. The first kappa shape index (κ1) is 17.0. The summed E-state index contributed by atoms with van der Waals surface area (Å²) in [5.41, 5.74) is 6.28. The minimum absolute atomic E-state index is 1.19. The van der Waals surface area contributed by atoms with Crippen molar-refractivity contribution in [2.24, 2.45) is 0 Å². The van der Waals surface area contributed by atoms with Gasteiger partial charge in [0, 0.05) is 37.8 Å². The Balaban J connectivity index is 1.72. The van der Waals surface area contributed by atoms with Gasteiger partial charge in [0.2, 0.25) is 0 Å². The van der Waals surface area contributed by atoms with Crippen LogP contribution in [0.25, 0.3) is 81.4 Å². The van der Waals surface area contributed by atoms with E-state index in [9.17, 15) is 0 Å². The molecule has 0 aliphatic carbocycles. The molecule has 3 heterocycles. The Morgan fingerprint density at radius 2 is 1.09 bits per heavy atom. The van der Waals surface area contributed by atoms with Crippen LogP contribution in [0.4, 0.5) is 0 Å². The van der Waals surface area contributed by atoms with Gasteiger partial charge in [-0.15, -0.1) is 0 Å². The van der Waals surface area contributed by atoms with Crippen LogP contribution in [-0.2, 0) is 0 Å². The number of nitrogens with one attached hydrogen (secondary N) is 1. The molecule has 0 amide bonds. The van der Waals surface area contributed by atoms with Gasteiger partial charge in [-0.2, -0.15) is 0 Å². The van der Waals surface area contributed by atoms with Crippen molar-refractivity contribution in [3.63, 3.8) is 0 Å². The van der Waals surface area contributed by atoms with E-state index in [0.29, 0.717) is 0 Å². The SMILES string of the molecule is c1ccc2c(c1)ccc1c2c2cccc3c4c5ccccc5c5c6ccccc6[nH]c5c4n1c23. The summed E-state index contributed by atoms with van der Waals surface area (Å²) in [6.07, 6.45) is 0. The van der Waals surface area contributed by atoms with Gasteiger partial charge in [0.1, 0.15) is 0 Å². The maximum absolute atomic E-state index is 3.82. The summed E-state index contributed by atoms with van der Waals surface area (Å²) in [5, 5.41) is 13.2. The van der Waals surface area contributed by atoms with E-state index in [1.54, 1.807) is 0 Å². The van der Waals surface area contributed by atoms with Crippen LogP contribution in [0.2, 0.25) is 0 Å². The number of fused-ring (bicyclic) bond motifs is 15. The van der Waals surface area contributed by atoms with Crippen LogP contribution < -0.4 is 0 Å². The van der Waals surface area contributed by atoms with Gasteiger partial charge >= 0.3 is 0 Å². The molecule has 9 aromatic rings. The van der Waals surface area contributed by atoms with Crippen molar-refractivity contribution in [3.8, 4) is 0 Å². The number of benzene rings is 6. The highest BCUT2D eigenvalue weighted by atomic mass is 14.9. The Morgan fingerprint density at radius 3 is 1.94 bits per heavy atom. The number of H-pyrrole nitrogens is 1.